The number of benzene rings is 1. The number of aromatic nitrogens is 1. The van der Waals surface area contributed by atoms with Crippen molar-refractivity contribution < 1.29 is 14.3 Å². The van der Waals surface area contributed by atoms with Gasteiger partial charge in [0.05, 0.1) is 12.2 Å². The van der Waals surface area contributed by atoms with Gasteiger partial charge in [0.25, 0.3) is 0 Å². The number of aryl methyl sites for hydroxylation is 1. The van der Waals surface area contributed by atoms with E-state index in [1.807, 2.05) is 56.5 Å². The second-order valence-corrected chi connectivity index (χ2v) is 6.06. The number of ether oxygens (including phenoxy) is 1. The molecule has 2 rings (SSSR count). The van der Waals surface area contributed by atoms with Crippen LogP contribution in [0.3, 0.4) is 0 Å². The number of amides is 1. The van der Waals surface area contributed by atoms with Gasteiger partial charge in [0.15, 0.2) is 0 Å². The van der Waals surface area contributed by atoms with Crippen molar-refractivity contribution in [2.75, 3.05) is 11.9 Å². The Bertz CT molecular complexity index is 847. The highest BCUT2D eigenvalue weighted by atomic mass is 16.5. The minimum atomic E-state index is -0.362. The lowest BCUT2D eigenvalue weighted by Crippen LogP contribution is -2.09. The Kier molecular flexibility index (Phi) is 6.39. The second kappa shape index (κ2) is 8.52. The zero-order chi connectivity index (χ0) is 19.3. The average Bonchev–Trinajstić information content (AvgIpc) is 2.85. The quantitative estimate of drug-likeness (QED) is 0.623. The first-order valence-corrected chi connectivity index (χ1v) is 8.82. The Labute approximate surface area is 154 Å². The molecular formula is C21H26N2O3. The SMILES string of the molecule is CCOC(=O)c1c(/C=C/C(=O)Nc2ccccc2C)c(C)n(CC)c1C. The summed E-state index contributed by atoms with van der Waals surface area (Å²) in [5.74, 6) is -0.602. The molecule has 0 bridgehead atoms. The van der Waals surface area contributed by atoms with Crippen LogP contribution >= 0.6 is 0 Å². The number of esters is 1. The van der Waals surface area contributed by atoms with E-state index in [2.05, 4.69) is 5.32 Å². The molecule has 0 saturated heterocycles. The Morgan fingerprint density at radius 3 is 2.42 bits per heavy atom. The fourth-order valence-electron chi connectivity index (χ4n) is 3.09. The molecule has 0 aliphatic heterocycles. The van der Waals surface area contributed by atoms with Crippen LogP contribution in [0, 0.1) is 20.8 Å². The summed E-state index contributed by atoms with van der Waals surface area (Å²) in [4.78, 5) is 24.7. The maximum atomic E-state index is 12.4. The summed E-state index contributed by atoms with van der Waals surface area (Å²) in [5.41, 5.74) is 4.79. The van der Waals surface area contributed by atoms with Gasteiger partial charge in [0.2, 0.25) is 5.91 Å². The van der Waals surface area contributed by atoms with Gasteiger partial charge in [-0.25, -0.2) is 4.79 Å². The Morgan fingerprint density at radius 2 is 1.81 bits per heavy atom. The molecule has 0 aliphatic carbocycles. The third kappa shape index (κ3) is 4.04. The van der Waals surface area contributed by atoms with Crippen molar-refractivity contribution in [1.29, 1.82) is 0 Å². The van der Waals surface area contributed by atoms with Gasteiger partial charge in [-0.3, -0.25) is 4.79 Å². The second-order valence-electron chi connectivity index (χ2n) is 6.06. The van der Waals surface area contributed by atoms with Crippen LogP contribution < -0.4 is 5.32 Å². The molecule has 1 aromatic heterocycles. The Hall–Kier alpha value is -2.82. The van der Waals surface area contributed by atoms with Crippen molar-refractivity contribution in [3.05, 3.63) is 58.4 Å². The molecule has 0 saturated carbocycles. The molecule has 0 unspecified atom stereocenters. The highest BCUT2D eigenvalue weighted by Gasteiger charge is 2.22. The van der Waals surface area contributed by atoms with Gasteiger partial charge in [-0.15, -0.1) is 0 Å². The fraction of sp³-hybridized carbons (Fsp3) is 0.333. The molecule has 1 heterocycles. The van der Waals surface area contributed by atoms with Crippen molar-refractivity contribution >= 4 is 23.6 Å². The van der Waals surface area contributed by atoms with Gasteiger partial charge in [-0.05, 0) is 52.3 Å². The van der Waals surface area contributed by atoms with Crippen molar-refractivity contribution in [2.45, 2.75) is 41.2 Å². The van der Waals surface area contributed by atoms with Gasteiger partial charge in [0.1, 0.15) is 0 Å². The smallest absolute Gasteiger partial charge is 0.340 e. The molecular weight excluding hydrogens is 328 g/mol. The van der Waals surface area contributed by atoms with Gasteiger partial charge in [-0.2, -0.15) is 0 Å². The lowest BCUT2D eigenvalue weighted by Gasteiger charge is -2.05. The molecule has 138 valence electrons. The molecule has 0 atom stereocenters. The van der Waals surface area contributed by atoms with Crippen molar-refractivity contribution in [2.24, 2.45) is 0 Å². The third-order valence-electron chi connectivity index (χ3n) is 4.43. The lowest BCUT2D eigenvalue weighted by atomic mass is 10.1. The van der Waals surface area contributed by atoms with Crippen LogP contribution in [0.15, 0.2) is 30.3 Å². The Balaban J connectivity index is 2.33. The monoisotopic (exact) mass is 354 g/mol. The average molecular weight is 354 g/mol. The van der Waals surface area contributed by atoms with E-state index in [-0.39, 0.29) is 11.9 Å². The van der Waals surface area contributed by atoms with E-state index in [0.29, 0.717) is 12.2 Å². The van der Waals surface area contributed by atoms with Gasteiger partial charge in [0, 0.05) is 35.3 Å². The van der Waals surface area contributed by atoms with Gasteiger partial charge < -0.3 is 14.6 Å². The molecule has 1 aromatic carbocycles. The lowest BCUT2D eigenvalue weighted by molar-refractivity contribution is -0.111. The molecule has 0 fully saturated rings. The zero-order valence-electron chi connectivity index (χ0n) is 16.1. The molecule has 5 heteroatoms. The highest BCUT2D eigenvalue weighted by molar-refractivity contribution is 6.04. The zero-order valence-corrected chi connectivity index (χ0v) is 16.1. The molecule has 26 heavy (non-hydrogen) atoms. The maximum Gasteiger partial charge on any atom is 0.340 e. The number of hydrogen-bond acceptors (Lipinski definition) is 3. The summed E-state index contributed by atoms with van der Waals surface area (Å²) < 4.78 is 7.24. The first-order chi connectivity index (χ1) is 12.4. The number of hydrogen-bond donors (Lipinski definition) is 1. The number of para-hydroxylation sites is 1. The van der Waals surface area contributed by atoms with Crippen LogP contribution in [0.2, 0.25) is 0 Å². The van der Waals surface area contributed by atoms with Crippen molar-refractivity contribution in [3.8, 4) is 0 Å². The minimum Gasteiger partial charge on any atom is -0.462 e. The van der Waals surface area contributed by atoms with E-state index in [1.54, 1.807) is 13.0 Å². The molecule has 1 amide bonds. The number of carbonyl (C=O) groups excluding carboxylic acids is 2. The van der Waals surface area contributed by atoms with Gasteiger partial charge in [-0.1, -0.05) is 18.2 Å². The topological polar surface area (TPSA) is 60.3 Å². The number of carbonyl (C=O) groups is 2. The predicted octanol–water partition coefficient (Wildman–Crippen LogP) is 4.26. The summed E-state index contributed by atoms with van der Waals surface area (Å²) >= 11 is 0. The van der Waals surface area contributed by atoms with Crippen molar-refractivity contribution in [1.82, 2.24) is 4.57 Å². The molecule has 1 N–H and O–H groups in total. The fourth-order valence-corrected chi connectivity index (χ4v) is 3.09. The van der Waals surface area contributed by atoms with Crippen LogP contribution in [-0.2, 0) is 16.1 Å². The highest BCUT2D eigenvalue weighted by Crippen LogP contribution is 2.25. The van der Waals surface area contributed by atoms with Crippen molar-refractivity contribution in [3.63, 3.8) is 0 Å². The van der Waals surface area contributed by atoms with E-state index >= 15 is 0 Å². The summed E-state index contributed by atoms with van der Waals surface area (Å²) in [6, 6.07) is 7.59. The standard InChI is InChI=1S/C21H26N2O3/c1-6-23-15(4)17(20(16(23)5)21(25)26-7-2)12-13-19(24)22-18-11-9-8-10-14(18)3/h8-13H,6-7H2,1-5H3,(H,22,24)/b13-12+. The minimum absolute atomic E-state index is 0.240. The molecule has 0 aliphatic rings. The summed E-state index contributed by atoms with van der Waals surface area (Å²) in [6.45, 7) is 10.6. The first kappa shape index (κ1) is 19.5. The van der Waals surface area contributed by atoms with E-state index in [9.17, 15) is 9.59 Å². The number of nitrogens with zero attached hydrogens (tertiary/aromatic N) is 1. The number of rotatable bonds is 6. The summed E-state index contributed by atoms with van der Waals surface area (Å²) in [6.07, 6.45) is 3.14. The summed E-state index contributed by atoms with van der Waals surface area (Å²) in [5, 5.41) is 2.86. The molecule has 2 aromatic rings. The molecule has 5 nitrogen and oxygen atoms in total. The first-order valence-electron chi connectivity index (χ1n) is 8.82. The molecule has 0 spiro atoms. The Morgan fingerprint density at radius 1 is 1.12 bits per heavy atom. The van der Waals surface area contributed by atoms with Gasteiger partial charge >= 0.3 is 5.97 Å². The number of nitrogens with one attached hydrogen (secondary N) is 1. The van der Waals surface area contributed by atoms with Crippen LogP contribution in [0.5, 0.6) is 0 Å². The van der Waals surface area contributed by atoms with E-state index in [4.69, 9.17) is 4.74 Å². The third-order valence-corrected chi connectivity index (χ3v) is 4.43. The van der Waals surface area contributed by atoms with Crippen LogP contribution in [0.4, 0.5) is 5.69 Å². The van der Waals surface area contributed by atoms with E-state index in [1.165, 1.54) is 6.08 Å². The number of anilines is 1. The van der Waals surface area contributed by atoms with Crippen LogP contribution in [-0.4, -0.2) is 23.1 Å². The summed E-state index contributed by atoms with van der Waals surface area (Å²) in [7, 11) is 0. The maximum absolute atomic E-state index is 12.4. The largest absolute Gasteiger partial charge is 0.462 e. The molecule has 0 radical (unpaired) electrons. The van der Waals surface area contributed by atoms with Crippen LogP contribution in [0.1, 0.15) is 46.7 Å². The normalized spacial score (nSPS) is 11.0. The van der Waals surface area contributed by atoms with Crippen LogP contribution in [0.25, 0.3) is 6.08 Å². The van der Waals surface area contributed by atoms with E-state index in [0.717, 1.165) is 34.7 Å². The van der Waals surface area contributed by atoms with E-state index < -0.39 is 0 Å². The predicted molar refractivity (Wildman–Crippen MR) is 104 cm³/mol.